The van der Waals surface area contributed by atoms with Crippen LogP contribution in [0.5, 0.6) is 0 Å². The van der Waals surface area contributed by atoms with Crippen LogP contribution in [0.3, 0.4) is 0 Å². The summed E-state index contributed by atoms with van der Waals surface area (Å²) in [4.78, 5) is 32.6. The number of halogens is 1. The average Bonchev–Trinajstić information content (AvgIpc) is 3.26. The predicted octanol–water partition coefficient (Wildman–Crippen LogP) is 4.59. The van der Waals surface area contributed by atoms with Crippen molar-refractivity contribution in [1.29, 1.82) is 0 Å². The molecule has 0 unspecified atom stereocenters. The number of carbonyl (C=O) groups is 1. The SMILES string of the molecule is Cc1c(-c2cccc(N3CCOC3=O)c2)c2[nH]c3ccc(Cl)cc3c2[nH]c1=O. The number of ether oxygens (including phenoxy) is 1. The molecule has 2 aromatic carbocycles. The fourth-order valence-electron chi connectivity index (χ4n) is 3.81. The van der Waals surface area contributed by atoms with E-state index in [-0.39, 0.29) is 11.7 Å². The Hall–Kier alpha value is -3.25. The number of rotatable bonds is 2. The van der Waals surface area contributed by atoms with E-state index >= 15 is 0 Å². The quantitative estimate of drug-likeness (QED) is 0.522. The molecular weight excluding hydrogens is 378 g/mol. The largest absolute Gasteiger partial charge is 0.447 e. The van der Waals surface area contributed by atoms with Crippen molar-refractivity contribution in [2.24, 2.45) is 0 Å². The van der Waals surface area contributed by atoms with Crippen LogP contribution in [0.25, 0.3) is 33.1 Å². The van der Waals surface area contributed by atoms with E-state index in [1.54, 1.807) is 11.8 Å². The molecule has 3 heterocycles. The van der Waals surface area contributed by atoms with Crippen LogP contribution in [0.4, 0.5) is 10.5 Å². The Balaban J connectivity index is 1.79. The maximum Gasteiger partial charge on any atom is 0.414 e. The summed E-state index contributed by atoms with van der Waals surface area (Å²) >= 11 is 6.16. The van der Waals surface area contributed by atoms with Gasteiger partial charge in [0.05, 0.1) is 17.6 Å². The van der Waals surface area contributed by atoms with E-state index in [9.17, 15) is 9.59 Å². The minimum absolute atomic E-state index is 0.158. The molecule has 4 aromatic rings. The molecule has 1 amide bonds. The lowest BCUT2D eigenvalue weighted by Crippen LogP contribution is -2.23. The Morgan fingerprint density at radius 1 is 1.07 bits per heavy atom. The van der Waals surface area contributed by atoms with Crippen LogP contribution in [-0.2, 0) is 4.74 Å². The van der Waals surface area contributed by atoms with Crippen LogP contribution in [0.1, 0.15) is 5.56 Å². The molecule has 1 fully saturated rings. The number of nitrogens with zero attached hydrogens (tertiary/aromatic N) is 1. The van der Waals surface area contributed by atoms with Crippen LogP contribution in [0.2, 0.25) is 5.02 Å². The smallest absolute Gasteiger partial charge is 0.414 e. The lowest BCUT2D eigenvalue weighted by atomic mass is 9.99. The van der Waals surface area contributed by atoms with Gasteiger partial charge in [0.15, 0.2) is 0 Å². The Kier molecular flexibility index (Phi) is 3.70. The molecular formula is C21H16ClN3O3. The van der Waals surface area contributed by atoms with Crippen molar-refractivity contribution in [2.75, 3.05) is 18.1 Å². The topological polar surface area (TPSA) is 78.2 Å². The fraction of sp³-hybridized carbons (Fsp3) is 0.143. The molecule has 140 valence electrons. The van der Waals surface area contributed by atoms with E-state index in [4.69, 9.17) is 16.3 Å². The van der Waals surface area contributed by atoms with Crippen LogP contribution in [-0.4, -0.2) is 29.2 Å². The molecule has 0 spiro atoms. The second kappa shape index (κ2) is 6.14. The molecule has 5 rings (SSSR count). The number of hydrogen-bond acceptors (Lipinski definition) is 3. The van der Waals surface area contributed by atoms with Crippen LogP contribution in [0, 0.1) is 6.92 Å². The minimum Gasteiger partial charge on any atom is -0.447 e. The van der Waals surface area contributed by atoms with E-state index in [0.717, 1.165) is 33.2 Å². The van der Waals surface area contributed by atoms with Crippen LogP contribution in [0.15, 0.2) is 47.3 Å². The number of H-pyrrole nitrogens is 2. The van der Waals surface area contributed by atoms with Gasteiger partial charge in [-0.2, -0.15) is 0 Å². The predicted molar refractivity (Wildman–Crippen MR) is 110 cm³/mol. The molecule has 1 saturated heterocycles. The first-order valence-electron chi connectivity index (χ1n) is 8.91. The second-order valence-electron chi connectivity index (χ2n) is 6.84. The highest BCUT2D eigenvalue weighted by Crippen LogP contribution is 2.35. The zero-order valence-corrected chi connectivity index (χ0v) is 15.8. The standard InChI is InChI=1S/C21H16ClN3O3/c1-11-17(12-3-2-4-14(9-12)25-7-8-28-21(25)27)19-18(24-20(11)26)15-10-13(22)5-6-16(15)23-19/h2-6,9-10,23H,7-8H2,1H3,(H,24,26). The van der Waals surface area contributed by atoms with Crippen LogP contribution >= 0.6 is 11.6 Å². The van der Waals surface area contributed by atoms with Gasteiger partial charge in [0, 0.05) is 32.7 Å². The molecule has 0 aliphatic carbocycles. The van der Waals surface area contributed by atoms with Gasteiger partial charge in [0.25, 0.3) is 5.56 Å². The Morgan fingerprint density at radius 2 is 1.93 bits per heavy atom. The van der Waals surface area contributed by atoms with E-state index in [1.165, 1.54) is 0 Å². The number of aromatic nitrogens is 2. The normalized spacial score (nSPS) is 14.2. The van der Waals surface area contributed by atoms with Gasteiger partial charge in [-0.15, -0.1) is 0 Å². The summed E-state index contributed by atoms with van der Waals surface area (Å²) in [6.45, 7) is 2.68. The molecule has 2 aromatic heterocycles. The third kappa shape index (κ3) is 2.49. The van der Waals surface area contributed by atoms with Gasteiger partial charge in [-0.1, -0.05) is 23.7 Å². The second-order valence-corrected chi connectivity index (χ2v) is 7.27. The molecule has 1 aliphatic heterocycles. The minimum atomic E-state index is -0.356. The van der Waals surface area contributed by atoms with Crippen molar-refractivity contribution in [3.63, 3.8) is 0 Å². The maximum atomic E-state index is 12.7. The zero-order chi connectivity index (χ0) is 19.4. The molecule has 6 nitrogen and oxygen atoms in total. The van der Waals surface area contributed by atoms with Crippen molar-refractivity contribution >= 4 is 45.3 Å². The third-order valence-electron chi connectivity index (χ3n) is 5.17. The number of benzene rings is 2. The van der Waals surface area contributed by atoms with Gasteiger partial charge in [0.1, 0.15) is 6.61 Å². The Bertz CT molecular complexity index is 1320. The van der Waals surface area contributed by atoms with E-state index < -0.39 is 0 Å². The monoisotopic (exact) mass is 393 g/mol. The average molecular weight is 394 g/mol. The highest BCUT2D eigenvalue weighted by atomic mass is 35.5. The number of fused-ring (bicyclic) bond motifs is 3. The molecule has 0 saturated carbocycles. The first-order valence-corrected chi connectivity index (χ1v) is 9.29. The lowest BCUT2D eigenvalue weighted by molar-refractivity contribution is 0.181. The molecule has 28 heavy (non-hydrogen) atoms. The highest BCUT2D eigenvalue weighted by molar-refractivity contribution is 6.31. The third-order valence-corrected chi connectivity index (χ3v) is 5.41. The summed E-state index contributed by atoms with van der Waals surface area (Å²) in [7, 11) is 0. The first-order chi connectivity index (χ1) is 13.5. The summed E-state index contributed by atoms with van der Waals surface area (Å²) in [5, 5.41) is 1.46. The highest BCUT2D eigenvalue weighted by Gasteiger charge is 2.24. The van der Waals surface area contributed by atoms with Gasteiger partial charge in [-0.25, -0.2) is 4.79 Å². The van der Waals surface area contributed by atoms with Gasteiger partial charge >= 0.3 is 6.09 Å². The molecule has 1 aliphatic rings. The van der Waals surface area contributed by atoms with Crippen molar-refractivity contribution in [3.05, 3.63) is 63.4 Å². The Labute approximate surface area is 164 Å². The Morgan fingerprint density at radius 3 is 2.71 bits per heavy atom. The fourth-order valence-corrected chi connectivity index (χ4v) is 3.98. The van der Waals surface area contributed by atoms with Crippen molar-refractivity contribution in [1.82, 2.24) is 9.97 Å². The van der Waals surface area contributed by atoms with Gasteiger partial charge in [-0.3, -0.25) is 9.69 Å². The van der Waals surface area contributed by atoms with Crippen LogP contribution < -0.4 is 10.5 Å². The number of hydrogen-bond donors (Lipinski definition) is 2. The molecule has 0 bridgehead atoms. The van der Waals surface area contributed by atoms with Gasteiger partial charge in [-0.05, 0) is 42.8 Å². The summed E-state index contributed by atoms with van der Waals surface area (Å²) in [6.07, 6.45) is -0.356. The first kappa shape index (κ1) is 16.9. The number of anilines is 1. The van der Waals surface area contributed by atoms with E-state index in [0.29, 0.717) is 29.3 Å². The molecule has 0 radical (unpaired) electrons. The van der Waals surface area contributed by atoms with Gasteiger partial charge < -0.3 is 14.7 Å². The zero-order valence-electron chi connectivity index (χ0n) is 15.0. The van der Waals surface area contributed by atoms with Crippen molar-refractivity contribution < 1.29 is 9.53 Å². The van der Waals surface area contributed by atoms with E-state index in [1.807, 2.05) is 42.5 Å². The summed E-state index contributed by atoms with van der Waals surface area (Å²) in [5.41, 5.74) is 5.28. The number of aromatic amines is 2. The van der Waals surface area contributed by atoms with E-state index in [2.05, 4.69) is 9.97 Å². The van der Waals surface area contributed by atoms with Gasteiger partial charge in [0.2, 0.25) is 0 Å². The van der Waals surface area contributed by atoms with Crippen molar-refractivity contribution in [2.45, 2.75) is 6.92 Å². The number of carbonyl (C=O) groups excluding carboxylic acids is 1. The lowest BCUT2D eigenvalue weighted by Gasteiger charge is -2.15. The maximum absolute atomic E-state index is 12.7. The van der Waals surface area contributed by atoms with Crippen molar-refractivity contribution in [3.8, 4) is 11.1 Å². The number of amides is 1. The molecule has 7 heteroatoms. The molecule has 0 atom stereocenters. The number of nitrogens with one attached hydrogen (secondary N) is 2. The summed E-state index contributed by atoms with van der Waals surface area (Å²) in [5.74, 6) is 0. The molecule has 2 N–H and O–H groups in total. The number of cyclic esters (lactones) is 1. The number of pyridine rings is 1. The summed E-state index contributed by atoms with van der Waals surface area (Å²) in [6, 6.07) is 13.1. The summed E-state index contributed by atoms with van der Waals surface area (Å²) < 4.78 is 5.04.